The molecular weight excluding hydrogens is 374 g/mol. The van der Waals surface area contributed by atoms with Gasteiger partial charge in [0.15, 0.2) is 0 Å². The highest BCUT2D eigenvalue weighted by Gasteiger charge is 2.30. The molecule has 1 saturated carbocycles. The molecule has 4 nitrogen and oxygen atoms in total. The van der Waals surface area contributed by atoms with Crippen LogP contribution in [0.2, 0.25) is 0 Å². The fourth-order valence-electron chi connectivity index (χ4n) is 4.70. The largest absolute Gasteiger partial charge is 0.490 e. The van der Waals surface area contributed by atoms with Crippen LogP contribution in [0.5, 0.6) is 5.75 Å². The van der Waals surface area contributed by atoms with E-state index < -0.39 is 0 Å². The third-order valence-electron chi connectivity index (χ3n) is 6.59. The Balaban J connectivity index is 1.52. The van der Waals surface area contributed by atoms with Crippen molar-refractivity contribution in [3.8, 4) is 5.75 Å². The summed E-state index contributed by atoms with van der Waals surface area (Å²) >= 11 is 0. The van der Waals surface area contributed by atoms with Crippen LogP contribution in [0, 0.1) is 11.3 Å². The van der Waals surface area contributed by atoms with Gasteiger partial charge in [0.05, 0.1) is 12.7 Å². The first-order valence-corrected chi connectivity index (χ1v) is 11.7. The molecule has 1 aliphatic heterocycles. The Morgan fingerprint density at radius 2 is 1.80 bits per heavy atom. The summed E-state index contributed by atoms with van der Waals surface area (Å²) in [5.74, 6) is 1.67. The minimum atomic E-state index is -0.113. The van der Waals surface area contributed by atoms with Gasteiger partial charge in [0.25, 0.3) is 0 Å². The van der Waals surface area contributed by atoms with Gasteiger partial charge in [-0.1, -0.05) is 39.0 Å². The van der Waals surface area contributed by atoms with Crippen LogP contribution in [-0.4, -0.2) is 31.3 Å². The molecule has 3 rings (SSSR count). The van der Waals surface area contributed by atoms with Gasteiger partial charge in [0.2, 0.25) is 0 Å². The smallest absolute Gasteiger partial charge is 0.305 e. The highest BCUT2D eigenvalue weighted by molar-refractivity contribution is 5.70. The zero-order valence-electron chi connectivity index (χ0n) is 19.2. The molecule has 0 aromatic heterocycles. The lowest BCUT2D eigenvalue weighted by Crippen LogP contribution is -2.32. The lowest BCUT2D eigenvalue weighted by molar-refractivity contribution is -0.143. The Morgan fingerprint density at radius 3 is 2.43 bits per heavy atom. The average Bonchev–Trinajstić information content (AvgIpc) is 2.73. The van der Waals surface area contributed by atoms with Crippen molar-refractivity contribution in [2.45, 2.75) is 84.8 Å². The summed E-state index contributed by atoms with van der Waals surface area (Å²) in [6.07, 6.45) is 9.70. The third kappa shape index (κ3) is 6.60. The van der Waals surface area contributed by atoms with E-state index in [1.165, 1.54) is 24.0 Å². The number of rotatable bonds is 7. The molecule has 2 aliphatic rings. The molecule has 1 fully saturated rings. The summed E-state index contributed by atoms with van der Waals surface area (Å²) in [6, 6.07) is 8.81. The normalized spacial score (nSPS) is 24.8. The molecule has 1 unspecified atom stereocenters. The second-order valence-corrected chi connectivity index (χ2v) is 9.83. The summed E-state index contributed by atoms with van der Waals surface area (Å²) in [7, 11) is 0. The van der Waals surface area contributed by atoms with Crippen LogP contribution >= 0.6 is 0 Å². The van der Waals surface area contributed by atoms with Gasteiger partial charge in [-0.25, -0.2) is 0 Å². The van der Waals surface area contributed by atoms with E-state index >= 15 is 0 Å². The van der Waals surface area contributed by atoms with Crippen molar-refractivity contribution in [1.29, 1.82) is 0 Å². The summed E-state index contributed by atoms with van der Waals surface area (Å²) < 4.78 is 11.3. The Labute approximate surface area is 182 Å². The Bertz CT molecular complexity index is 709. The molecule has 0 radical (unpaired) electrons. The number of esters is 1. The second kappa shape index (κ2) is 10.5. The van der Waals surface area contributed by atoms with E-state index in [1.807, 2.05) is 6.92 Å². The van der Waals surface area contributed by atoms with E-state index in [4.69, 9.17) is 9.47 Å². The molecule has 1 heterocycles. The lowest BCUT2D eigenvalue weighted by Gasteiger charge is -2.37. The van der Waals surface area contributed by atoms with Crippen molar-refractivity contribution < 1.29 is 14.3 Å². The molecule has 4 heteroatoms. The standard InChI is InChI=1S/C26H39NO3/c1-5-29-25(28)15-10-22-18-20(16-17-27-22)19-6-11-23(12-7-19)30-24-13-8-21(9-14-24)26(2,3)4/h6-7,11-12,18,21-22,24,27H,5,8-10,13-17H2,1-4H3/t21-,22?,24-. The van der Waals surface area contributed by atoms with Gasteiger partial charge in [0.1, 0.15) is 5.75 Å². The quantitative estimate of drug-likeness (QED) is 0.578. The van der Waals surface area contributed by atoms with Gasteiger partial charge in [-0.15, -0.1) is 0 Å². The van der Waals surface area contributed by atoms with Crippen LogP contribution in [0.25, 0.3) is 5.57 Å². The third-order valence-corrected chi connectivity index (χ3v) is 6.59. The average molecular weight is 414 g/mol. The van der Waals surface area contributed by atoms with Gasteiger partial charge in [-0.2, -0.15) is 0 Å². The predicted molar refractivity (Wildman–Crippen MR) is 123 cm³/mol. The molecule has 0 spiro atoms. The summed E-state index contributed by atoms with van der Waals surface area (Å²) in [5.41, 5.74) is 3.00. The second-order valence-electron chi connectivity index (χ2n) is 9.83. The van der Waals surface area contributed by atoms with Gasteiger partial charge in [-0.3, -0.25) is 4.79 Å². The fourth-order valence-corrected chi connectivity index (χ4v) is 4.70. The van der Waals surface area contributed by atoms with Crippen LogP contribution < -0.4 is 10.1 Å². The molecule has 1 N–H and O–H groups in total. The van der Waals surface area contributed by atoms with Gasteiger partial charge < -0.3 is 14.8 Å². The number of benzene rings is 1. The molecule has 0 saturated heterocycles. The van der Waals surface area contributed by atoms with Crippen LogP contribution in [0.1, 0.15) is 78.2 Å². The van der Waals surface area contributed by atoms with E-state index in [0.717, 1.165) is 43.9 Å². The van der Waals surface area contributed by atoms with Crippen molar-refractivity contribution in [2.24, 2.45) is 11.3 Å². The van der Waals surface area contributed by atoms with Crippen LogP contribution in [-0.2, 0) is 9.53 Å². The highest BCUT2D eigenvalue weighted by atomic mass is 16.5. The minimum Gasteiger partial charge on any atom is -0.490 e. The molecule has 1 aromatic rings. The van der Waals surface area contributed by atoms with Gasteiger partial charge in [-0.05, 0) is 86.6 Å². The lowest BCUT2D eigenvalue weighted by atomic mass is 9.72. The zero-order chi connectivity index (χ0) is 21.6. The van der Waals surface area contributed by atoms with E-state index in [-0.39, 0.29) is 12.0 Å². The van der Waals surface area contributed by atoms with Crippen molar-refractivity contribution in [3.63, 3.8) is 0 Å². The molecule has 166 valence electrons. The summed E-state index contributed by atoms with van der Waals surface area (Å²) in [5, 5.41) is 3.49. The molecular formula is C26H39NO3. The van der Waals surface area contributed by atoms with Crippen molar-refractivity contribution in [3.05, 3.63) is 35.9 Å². The number of hydrogen-bond acceptors (Lipinski definition) is 4. The van der Waals surface area contributed by atoms with E-state index in [9.17, 15) is 4.79 Å². The predicted octanol–water partition coefficient (Wildman–Crippen LogP) is 5.76. The SMILES string of the molecule is CCOC(=O)CCC1C=C(c2ccc(O[C@H]3CC[C@H](C(C)(C)C)CC3)cc2)CCN1. The monoisotopic (exact) mass is 413 g/mol. The van der Waals surface area contributed by atoms with Crippen molar-refractivity contribution in [2.75, 3.05) is 13.2 Å². The first-order valence-electron chi connectivity index (χ1n) is 11.7. The first-order chi connectivity index (χ1) is 14.3. The Kier molecular flexibility index (Phi) is 7.99. The number of hydrogen-bond donors (Lipinski definition) is 1. The first kappa shape index (κ1) is 22.9. The Hall–Kier alpha value is -1.81. The zero-order valence-corrected chi connectivity index (χ0v) is 19.2. The molecule has 0 bridgehead atoms. The highest BCUT2D eigenvalue weighted by Crippen LogP contribution is 2.38. The van der Waals surface area contributed by atoms with Crippen LogP contribution in [0.15, 0.2) is 30.3 Å². The van der Waals surface area contributed by atoms with E-state index in [2.05, 4.69) is 56.4 Å². The molecule has 1 atom stereocenters. The maximum atomic E-state index is 11.6. The number of nitrogens with one attached hydrogen (secondary N) is 1. The molecule has 0 amide bonds. The fraction of sp³-hybridized carbons (Fsp3) is 0.654. The summed E-state index contributed by atoms with van der Waals surface area (Å²) in [4.78, 5) is 11.6. The molecule has 30 heavy (non-hydrogen) atoms. The summed E-state index contributed by atoms with van der Waals surface area (Å²) in [6.45, 7) is 10.3. The van der Waals surface area contributed by atoms with E-state index in [1.54, 1.807) is 0 Å². The maximum Gasteiger partial charge on any atom is 0.305 e. The van der Waals surface area contributed by atoms with E-state index in [0.29, 0.717) is 24.5 Å². The molecule has 1 aliphatic carbocycles. The van der Waals surface area contributed by atoms with Crippen molar-refractivity contribution >= 4 is 11.5 Å². The van der Waals surface area contributed by atoms with Gasteiger partial charge in [0, 0.05) is 12.5 Å². The molecule has 1 aromatic carbocycles. The number of carbonyl (C=O) groups is 1. The van der Waals surface area contributed by atoms with Gasteiger partial charge >= 0.3 is 5.97 Å². The maximum absolute atomic E-state index is 11.6. The van der Waals surface area contributed by atoms with Crippen LogP contribution in [0.4, 0.5) is 0 Å². The minimum absolute atomic E-state index is 0.113. The van der Waals surface area contributed by atoms with Crippen LogP contribution in [0.3, 0.4) is 0 Å². The van der Waals surface area contributed by atoms with Crippen molar-refractivity contribution in [1.82, 2.24) is 5.32 Å². The Morgan fingerprint density at radius 1 is 1.10 bits per heavy atom. The number of carbonyl (C=O) groups excluding carboxylic acids is 1. The number of ether oxygens (including phenoxy) is 2. The topological polar surface area (TPSA) is 47.6 Å².